The maximum Gasteiger partial charge on any atom is 0.248 e. The van der Waals surface area contributed by atoms with Crippen LogP contribution in [0.1, 0.15) is 28.4 Å². The molecule has 1 heterocycles. The molecule has 3 aromatic rings. The molecule has 0 saturated carbocycles. The number of hydrogen-bond donors (Lipinski definition) is 0. The lowest BCUT2D eigenvalue weighted by atomic mass is 10.00. The Hall–Kier alpha value is -2.91. The van der Waals surface area contributed by atoms with Gasteiger partial charge in [-0.15, -0.1) is 0 Å². The summed E-state index contributed by atoms with van der Waals surface area (Å²) in [5.41, 5.74) is 4.69. The first kappa shape index (κ1) is 17.5. The molecule has 27 heavy (non-hydrogen) atoms. The SMILES string of the molecule is O=C(COC(c1ccccc1)c1ccccc1)N1CCc2ccccc2C1. The third-order valence-corrected chi connectivity index (χ3v) is 5.06. The van der Waals surface area contributed by atoms with E-state index in [9.17, 15) is 4.79 Å². The molecule has 0 spiro atoms. The van der Waals surface area contributed by atoms with E-state index >= 15 is 0 Å². The van der Waals surface area contributed by atoms with Crippen molar-refractivity contribution in [1.82, 2.24) is 4.90 Å². The van der Waals surface area contributed by atoms with E-state index < -0.39 is 0 Å². The first-order valence-corrected chi connectivity index (χ1v) is 9.37. The molecule has 0 bridgehead atoms. The van der Waals surface area contributed by atoms with Gasteiger partial charge in [-0.3, -0.25) is 4.79 Å². The summed E-state index contributed by atoms with van der Waals surface area (Å²) in [5.74, 6) is 0.0429. The molecule has 0 fully saturated rings. The highest BCUT2D eigenvalue weighted by atomic mass is 16.5. The van der Waals surface area contributed by atoms with Crippen LogP contribution in [0.25, 0.3) is 0 Å². The zero-order valence-corrected chi connectivity index (χ0v) is 15.3. The van der Waals surface area contributed by atoms with Crippen LogP contribution in [0.5, 0.6) is 0 Å². The Bertz CT molecular complexity index is 853. The average molecular weight is 357 g/mol. The second-order valence-electron chi connectivity index (χ2n) is 6.85. The molecule has 0 N–H and O–H groups in total. The van der Waals surface area contributed by atoms with Crippen LogP contribution in [0.4, 0.5) is 0 Å². The molecule has 0 radical (unpaired) electrons. The Kier molecular flexibility index (Phi) is 5.31. The first-order valence-electron chi connectivity index (χ1n) is 9.37. The monoisotopic (exact) mass is 357 g/mol. The number of benzene rings is 3. The van der Waals surface area contributed by atoms with Crippen LogP contribution < -0.4 is 0 Å². The van der Waals surface area contributed by atoms with Gasteiger partial charge in [-0.25, -0.2) is 0 Å². The van der Waals surface area contributed by atoms with Crippen molar-refractivity contribution in [3.05, 3.63) is 107 Å². The summed E-state index contributed by atoms with van der Waals surface area (Å²) in [6.45, 7) is 1.50. The summed E-state index contributed by atoms with van der Waals surface area (Å²) in [5, 5.41) is 0. The number of carbonyl (C=O) groups is 1. The largest absolute Gasteiger partial charge is 0.359 e. The fourth-order valence-electron chi connectivity index (χ4n) is 3.60. The van der Waals surface area contributed by atoms with Crippen molar-refractivity contribution in [2.75, 3.05) is 13.2 Å². The van der Waals surface area contributed by atoms with E-state index in [1.807, 2.05) is 71.6 Å². The molecule has 0 unspecified atom stereocenters. The minimum Gasteiger partial charge on any atom is -0.359 e. The second kappa shape index (κ2) is 8.19. The Labute approximate surface area is 160 Å². The van der Waals surface area contributed by atoms with Crippen molar-refractivity contribution in [1.29, 1.82) is 0 Å². The lowest BCUT2D eigenvalue weighted by molar-refractivity contribution is -0.138. The maximum absolute atomic E-state index is 12.8. The third kappa shape index (κ3) is 4.09. The number of hydrogen-bond acceptors (Lipinski definition) is 2. The predicted octanol–water partition coefficient (Wildman–Crippen LogP) is 4.38. The standard InChI is InChI=1S/C24H23NO2/c26-23(25-16-15-19-9-7-8-14-22(19)17-25)18-27-24(20-10-3-1-4-11-20)21-12-5-2-6-13-21/h1-14,24H,15-18H2. The summed E-state index contributed by atoms with van der Waals surface area (Å²) in [6.07, 6.45) is 0.663. The van der Waals surface area contributed by atoms with Crippen molar-refractivity contribution in [3.8, 4) is 0 Å². The zero-order valence-electron chi connectivity index (χ0n) is 15.3. The van der Waals surface area contributed by atoms with Gasteiger partial charge in [-0.2, -0.15) is 0 Å². The normalized spacial score (nSPS) is 13.4. The molecule has 1 aliphatic heterocycles. The molecule has 1 aliphatic rings. The predicted molar refractivity (Wildman–Crippen MR) is 106 cm³/mol. The highest BCUT2D eigenvalue weighted by Gasteiger charge is 2.22. The van der Waals surface area contributed by atoms with Crippen LogP contribution in [0, 0.1) is 0 Å². The Morgan fingerprint density at radius 1 is 0.815 bits per heavy atom. The van der Waals surface area contributed by atoms with Crippen molar-refractivity contribution in [2.24, 2.45) is 0 Å². The van der Waals surface area contributed by atoms with Gasteiger partial charge in [0.2, 0.25) is 5.91 Å². The Morgan fingerprint density at radius 3 is 2.00 bits per heavy atom. The van der Waals surface area contributed by atoms with E-state index in [-0.39, 0.29) is 18.6 Å². The Morgan fingerprint density at radius 2 is 1.37 bits per heavy atom. The summed E-state index contributed by atoms with van der Waals surface area (Å²) in [7, 11) is 0. The average Bonchev–Trinajstić information content (AvgIpc) is 2.75. The molecule has 1 amide bonds. The number of amides is 1. The molecule has 3 aromatic carbocycles. The maximum atomic E-state index is 12.8. The summed E-state index contributed by atoms with van der Waals surface area (Å²) >= 11 is 0. The fraction of sp³-hybridized carbons (Fsp3) is 0.208. The summed E-state index contributed by atoms with van der Waals surface area (Å²) in [4.78, 5) is 14.7. The molecule has 3 heteroatoms. The fourth-order valence-corrected chi connectivity index (χ4v) is 3.60. The topological polar surface area (TPSA) is 29.5 Å². The van der Waals surface area contributed by atoms with Crippen molar-refractivity contribution >= 4 is 5.91 Å². The zero-order chi connectivity index (χ0) is 18.5. The van der Waals surface area contributed by atoms with Gasteiger partial charge in [0.1, 0.15) is 12.7 Å². The summed E-state index contributed by atoms with van der Waals surface area (Å²) in [6, 6.07) is 28.5. The van der Waals surface area contributed by atoms with Crippen molar-refractivity contribution < 1.29 is 9.53 Å². The molecule has 0 aromatic heterocycles. The van der Waals surface area contributed by atoms with E-state index in [1.54, 1.807) is 0 Å². The van der Waals surface area contributed by atoms with Gasteiger partial charge < -0.3 is 9.64 Å². The minimum atomic E-state index is -0.242. The van der Waals surface area contributed by atoms with Crippen LogP contribution in [0.15, 0.2) is 84.9 Å². The summed E-state index contributed by atoms with van der Waals surface area (Å²) < 4.78 is 6.13. The molecule has 4 rings (SSSR count). The number of carbonyl (C=O) groups excluding carboxylic acids is 1. The Balaban J connectivity index is 1.46. The molecular weight excluding hydrogens is 334 g/mol. The first-order chi connectivity index (χ1) is 13.3. The number of rotatable bonds is 5. The molecule has 0 saturated heterocycles. The van der Waals surface area contributed by atoms with Crippen LogP contribution in [0.3, 0.4) is 0 Å². The highest BCUT2D eigenvalue weighted by Crippen LogP contribution is 2.26. The van der Waals surface area contributed by atoms with Crippen molar-refractivity contribution in [3.63, 3.8) is 0 Å². The number of nitrogens with zero attached hydrogens (tertiary/aromatic N) is 1. The van der Waals surface area contributed by atoms with E-state index in [0.29, 0.717) is 6.54 Å². The van der Waals surface area contributed by atoms with Crippen molar-refractivity contribution in [2.45, 2.75) is 19.1 Å². The highest BCUT2D eigenvalue weighted by molar-refractivity contribution is 5.77. The van der Waals surface area contributed by atoms with E-state index in [2.05, 4.69) is 18.2 Å². The van der Waals surface area contributed by atoms with E-state index in [4.69, 9.17) is 4.74 Å². The van der Waals surface area contributed by atoms with Gasteiger partial charge in [0.25, 0.3) is 0 Å². The van der Waals surface area contributed by atoms with E-state index in [0.717, 1.165) is 24.1 Å². The molecule has 0 aliphatic carbocycles. The molecule has 0 atom stereocenters. The van der Waals surface area contributed by atoms with Crippen LogP contribution >= 0.6 is 0 Å². The van der Waals surface area contributed by atoms with Gasteiger partial charge >= 0.3 is 0 Å². The minimum absolute atomic E-state index is 0.0429. The van der Waals surface area contributed by atoms with Gasteiger partial charge in [0.05, 0.1) is 0 Å². The third-order valence-electron chi connectivity index (χ3n) is 5.06. The second-order valence-corrected chi connectivity index (χ2v) is 6.85. The van der Waals surface area contributed by atoms with Gasteiger partial charge in [0, 0.05) is 13.1 Å². The molecule has 3 nitrogen and oxygen atoms in total. The molecular formula is C24H23NO2. The van der Waals surface area contributed by atoms with Gasteiger partial charge in [-0.1, -0.05) is 84.9 Å². The number of fused-ring (bicyclic) bond motifs is 1. The smallest absolute Gasteiger partial charge is 0.248 e. The van der Waals surface area contributed by atoms with Crippen LogP contribution in [-0.2, 0) is 22.5 Å². The molecule has 136 valence electrons. The van der Waals surface area contributed by atoms with Crippen LogP contribution in [-0.4, -0.2) is 24.0 Å². The number of ether oxygens (including phenoxy) is 1. The van der Waals surface area contributed by atoms with Crippen LogP contribution in [0.2, 0.25) is 0 Å². The quantitative estimate of drug-likeness (QED) is 0.678. The van der Waals surface area contributed by atoms with E-state index in [1.165, 1.54) is 11.1 Å². The lowest BCUT2D eigenvalue weighted by Gasteiger charge is -2.29. The van der Waals surface area contributed by atoms with Gasteiger partial charge in [0.15, 0.2) is 0 Å². The van der Waals surface area contributed by atoms with Gasteiger partial charge in [-0.05, 0) is 28.7 Å². The lowest BCUT2D eigenvalue weighted by Crippen LogP contribution is -2.38.